The first-order chi connectivity index (χ1) is 9.95. The molecule has 0 spiro atoms. The van der Waals surface area contributed by atoms with Crippen LogP contribution in [-0.2, 0) is 11.2 Å². The quantitative estimate of drug-likeness (QED) is 0.865. The van der Waals surface area contributed by atoms with Gasteiger partial charge in [0.15, 0.2) is 0 Å². The Morgan fingerprint density at radius 3 is 2.90 bits per heavy atom. The SMILES string of the molecule is Cc1csc(CC(=O)NN=C2C[C@@H](C)CC[C@@H]2C(C)C)n1. The number of carbonyl (C=O) groups excluding carboxylic acids is 1. The van der Waals surface area contributed by atoms with Crippen LogP contribution in [0.3, 0.4) is 0 Å². The van der Waals surface area contributed by atoms with Crippen molar-refractivity contribution in [2.75, 3.05) is 0 Å². The number of nitrogens with zero attached hydrogens (tertiary/aromatic N) is 2. The topological polar surface area (TPSA) is 54.4 Å². The maximum Gasteiger partial charge on any atom is 0.246 e. The molecule has 1 aromatic rings. The van der Waals surface area contributed by atoms with E-state index in [0.717, 1.165) is 22.8 Å². The third kappa shape index (κ3) is 4.63. The molecule has 1 aliphatic rings. The minimum Gasteiger partial charge on any atom is -0.273 e. The Hall–Kier alpha value is -1.23. The number of rotatable bonds is 4. The average Bonchev–Trinajstić information content (AvgIpc) is 2.81. The molecular formula is C16H25N3OS. The van der Waals surface area contributed by atoms with Gasteiger partial charge in [-0.1, -0.05) is 20.8 Å². The highest BCUT2D eigenvalue weighted by molar-refractivity contribution is 7.09. The molecule has 1 aliphatic carbocycles. The molecule has 2 atom stereocenters. The zero-order chi connectivity index (χ0) is 15.4. The molecule has 4 nitrogen and oxygen atoms in total. The summed E-state index contributed by atoms with van der Waals surface area (Å²) in [6.45, 7) is 8.66. The van der Waals surface area contributed by atoms with E-state index in [1.54, 1.807) is 0 Å². The molecule has 116 valence electrons. The van der Waals surface area contributed by atoms with Crippen molar-refractivity contribution >= 4 is 23.0 Å². The highest BCUT2D eigenvalue weighted by atomic mass is 32.1. The van der Waals surface area contributed by atoms with Crippen LogP contribution in [0, 0.1) is 24.7 Å². The van der Waals surface area contributed by atoms with Crippen molar-refractivity contribution in [3.8, 4) is 0 Å². The summed E-state index contributed by atoms with van der Waals surface area (Å²) in [5, 5.41) is 7.25. The minimum atomic E-state index is -0.0717. The molecule has 1 fully saturated rings. The zero-order valence-electron chi connectivity index (χ0n) is 13.3. The van der Waals surface area contributed by atoms with E-state index in [9.17, 15) is 4.79 Å². The second kappa shape index (κ2) is 7.16. The van der Waals surface area contributed by atoms with Crippen LogP contribution in [0.15, 0.2) is 10.5 Å². The van der Waals surface area contributed by atoms with Crippen molar-refractivity contribution in [1.82, 2.24) is 10.4 Å². The lowest BCUT2D eigenvalue weighted by molar-refractivity contribution is -0.120. The number of hydrogen-bond donors (Lipinski definition) is 1. The monoisotopic (exact) mass is 307 g/mol. The van der Waals surface area contributed by atoms with Gasteiger partial charge in [0, 0.05) is 22.7 Å². The zero-order valence-corrected chi connectivity index (χ0v) is 14.2. The molecule has 1 saturated carbocycles. The van der Waals surface area contributed by atoms with Crippen molar-refractivity contribution in [2.24, 2.45) is 22.9 Å². The Morgan fingerprint density at radius 2 is 2.29 bits per heavy atom. The highest BCUT2D eigenvalue weighted by Gasteiger charge is 2.27. The number of nitrogens with one attached hydrogen (secondary N) is 1. The van der Waals surface area contributed by atoms with Crippen LogP contribution in [0.1, 0.15) is 50.7 Å². The number of hydrogen-bond acceptors (Lipinski definition) is 4. The fourth-order valence-corrected chi connectivity index (χ4v) is 3.65. The Kier molecular flexibility index (Phi) is 5.51. The van der Waals surface area contributed by atoms with Crippen molar-refractivity contribution in [3.05, 3.63) is 16.1 Å². The normalized spacial score (nSPS) is 24.5. The lowest BCUT2D eigenvalue weighted by Gasteiger charge is -2.30. The van der Waals surface area contributed by atoms with Crippen molar-refractivity contribution in [3.63, 3.8) is 0 Å². The molecule has 1 N–H and O–H groups in total. The summed E-state index contributed by atoms with van der Waals surface area (Å²) in [6, 6.07) is 0. The summed E-state index contributed by atoms with van der Waals surface area (Å²) >= 11 is 1.52. The van der Waals surface area contributed by atoms with Gasteiger partial charge in [0.1, 0.15) is 5.01 Å². The highest BCUT2D eigenvalue weighted by Crippen LogP contribution is 2.31. The lowest BCUT2D eigenvalue weighted by atomic mass is 9.76. The smallest absolute Gasteiger partial charge is 0.246 e. The Labute approximate surface area is 131 Å². The Morgan fingerprint density at radius 1 is 1.52 bits per heavy atom. The maximum absolute atomic E-state index is 12.0. The summed E-state index contributed by atoms with van der Waals surface area (Å²) in [4.78, 5) is 16.3. The summed E-state index contributed by atoms with van der Waals surface area (Å²) in [7, 11) is 0. The van der Waals surface area contributed by atoms with E-state index in [2.05, 4.69) is 36.3 Å². The molecular weight excluding hydrogens is 282 g/mol. The summed E-state index contributed by atoms with van der Waals surface area (Å²) in [5.74, 6) is 1.67. The van der Waals surface area contributed by atoms with Gasteiger partial charge in [0.05, 0.1) is 6.42 Å². The van der Waals surface area contributed by atoms with Crippen LogP contribution in [0.4, 0.5) is 0 Å². The van der Waals surface area contributed by atoms with Crippen LogP contribution in [0.5, 0.6) is 0 Å². The van der Waals surface area contributed by atoms with Gasteiger partial charge in [-0.2, -0.15) is 5.10 Å². The molecule has 0 aromatic carbocycles. The number of aromatic nitrogens is 1. The third-order valence-corrected chi connectivity index (χ3v) is 5.03. The van der Waals surface area contributed by atoms with Gasteiger partial charge < -0.3 is 0 Å². The largest absolute Gasteiger partial charge is 0.273 e. The van der Waals surface area contributed by atoms with Gasteiger partial charge in [-0.05, 0) is 38.0 Å². The van der Waals surface area contributed by atoms with E-state index < -0.39 is 0 Å². The summed E-state index contributed by atoms with van der Waals surface area (Å²) in [6.07, 6.45) is 3.75. The van der Waals surface area contributed by atoms with Crippen LogP contribution in [0.2, 0.25) is 0 Å². The fourth-order valence-electron chi connectivity index (χ4n) is 2.88. The fraction of sp³-hybridized carbons (Fsp3) is 0.688. The molecule has 0 unspecified atom stereocenters. The van der Waals surface area contributed by atoms with Gasteiger partial charge in [0.25, 0.3) is 0 Å². The Balaban J connectivity index is 1.95. The lowest BCUT2D eigenvalue weighted by Crippen LogP contribution is -2.31. The average molecular weight is 307 g/mol. The van der Waals surface area contributed by atoms with E-state index >= 15 is 0 Å². The molecule has 0 radical (unpaired) electrons. The van der Waals surface area contributed by atoms with E-state index in [0.29, 0.717) is 24.2 Å². The standard InChI is InChI=1S/C16H25N3OS/c1-10(2)13-6-5-11(3)7-14(13)18-19-15(20)8-16-17-12(4)9-21-16/h9-11,13H,5-8H2,1-4H3,(H,19,20)/t11-,13+/m0/s1. The first-order valence-corrected chi connectivity index (χ1v) is 8.60. The van der Waals surface area contributed by atoms with E-state index in [-0.39, 0.29) is 5.91 Å². The molecule has 1 heterocycles. The molecule has 0 aliphatic heterocycles. The molecule has 5 heteroatoms. The van der Waals surface area contributed by atoms with Gasteiger partial charge in [-0.3, -0.25) is 4.79 Å². The Bertz CT molecular complexity index is 521. The van der Waals surface area contributed by atoms with Crippen LogP contribution in [-0.4, -0.2) is 16.6 Å². The second-order valence-electron chi connectivity index (χ2n) is 6.43. The predicted octanol–water partition coefficient (Wildman–Crippen LogP) is 3.56. The van der Waals surface area contributed by atoms with Gasteiger partial charge >= 0.3 is 0 Å². The number of amides is 1. The van der Waals surface area contributed by atoms with Gasteiger partial charge in [-0.15, -0.1) is 11.3 Å². The van der Waals surface area contributed by atoms with Crippen LogP contribution in [0.25, 0.3) is 0 Å². The second-order valence-corrected chi connectivity index (χ2v) is 7.38. The van der Waals surface area contributed by atoms with Gasteiger partial charge in [-0.25, -0.2) is 10.4 Å². The number of hydrazone groups is 1. The van der Waals surface area contributed by atoms with E-state index in [1.807, 2.05) is 12.3 Å². The summed E-state index contributed by atoms with van der Waals surface area (Å²) in [5.41, 5.74) is 4.86. The van der Waals surface area contributed by atoms with E-state index in [4.69, 9.17) is 0 Å². The van der Waals surface area contributed by atoms with E-state index in [1.165, 1.54) is 24.2 Å². The number of carbonyl (C=O) groups is 1. The van der Waals surface area contributed by atoms with Crippen molar-refractivity contribution in [2.45, 2.75) is 53.4 Å². The minimum absolute atomic E-state index is 0.0717. The molecule has 1 aromatic heterocycles. The number of aryl methyl sites for hydroxylation is 1. The summed E-state index contributed by atoms with van der Waals surface area (Å²) < 4.78 is 0. The molecule has 1 amide bonds. The maximum atomic E-state index is 12.0. The molecule has 0 bridgehead atoms. The van der Waals surface area contributed by atoms with Gasteiger partial charge in [0.2, 0.25) is 5.91 Å². The molecule has 2 rings (SSSR count). The molecule has 0 saturated heterocycles. The number of thiazole rings is 1. The van der Waals surface area contributed by atoms with Crippen molar-refractivity contribution in [1.29, 1.82) is 0 Å². The van der Waals surface area contributed by atoms with Crippen LogP contribution < -0.4 is 5.43 Å². The first kappa shape index (κ1) is 16.1. The van der Waals surface area contributed by atoms with Crippen LogP contribution >= 0.6 is 11.3 Å². The third-order valence-electron chi connectivity index (χ3n) is 4.06. The molecule has 21 heavy (non-hydrogen) atoms. The van der Waals surface area contributed by atoms with Crippen molar-refractivity contribution < 1.29 is 4.79 Å². The predicted molar refractivity (Wildman–Crippen MR) is 87.5 cm³/mol. The first-order valence-electron chi connectivity index (χ1n) is 7.72.